The van der Waals surface area contributed by atoms with Crippen molar-refractivity contribution < 1.29 is 24.9 Å². The van der Waals surface area contributed by atoms with Crippen molar-refractivity contribution in [3.05, 3.63) is 23.8 Å². The van der Waals surface area contributed by atoms with Gasteiger partial charge in [-0.15, -0.1) is 0 Å². The number of ether oxygens (including phenoxy) is 1. The maximum absolute atomic E-state index is 13.4. The smallest absolute Gasteiger partial charge is 0.157 e. The standard InChI is InChI=1S/C25H37NO5/c1-24(2,12-23(30)25-9-17-5-18(10-25)7-19(6-17)11-25)26-13-20(27)15-31-14-16-3-4-21(28)22(29)8-16/h3-4,8,17-20,26-29H,5-7,9-15H2,1-2H3. The Kier molecular flexibility index (Phi) is 6.35. The van der Waals surface area contributed by atoms with Crippen LogP contribution in [0.2, 0.25) is 0 Å². The molecule has 0 aliphatic heterocycles. The van der Waals surface area contributed by atoms with E-state index >= 15 is 0 Å². The molecule has 1 aromatic rings. The number of phenolic OH excluding ortho intramolecular Hbond substituents is 2. The number of nitrogens with one attached hydrogen (secondary N) is 1. The molecular formula is C25H37NO5. The first kappa shape index (κ1) is 22.6. The molecule has 0 radical (unpaired) electrons. The van der Waals surface area contributed by atoms with Gasteiger partial charge in [-0.2, -0.15) is 0 Å². The number of phenols is 2. The Hall–Kier alpha value is -1.63. The molecule has 31 heavy (non-hydrogen) atoms. The minimum atomic E-state index is -0.695. The maximum atomic E-state index is 13.4. The number of aliphatic hydroxyl groups is 1. The number of β-amino-alcohol motifs (C(OH)–C–C–N with tert-alkyl or cyclic N) is 1. The first-order valence-corrected chi connectivity index (χ1v) is 11.7. The van der Waals surface area contributed by atoms with Crippen LogP contribution in [0.15, 0.2) is 18.2 Å². The fourth-order valence-electron chi connectivity index (χ4n) is 6.53. The molecule has 1 unspecified atom stereocenters. The Bertz CT molecular complexity index is 770. The quantitative estimate of drug-likeness (QED) is 0.423. The van der Waals surface area contributed by atoms with Gasteiger partial charge in [-0.05, 0) is 87.8 Å². The SMILES string of the molecule is CC(C)(CC(=O)C12CC3CC(CC(C3)C1)C2)NCC(O)COCc1ccc(O)c(O)c1. The van der Waals surface area contributed by atoms with Gasteiger partial charge in [0.05, 0.1) is 19.3 Å². The lowest BCUT2D eigenvalue weighted by Crippen LogP contribution is -2.53. The molecule has 4 aliphatic carbocycles. The van der Waals surface area contributed by atoms with Crippen LogP contribution in [-0.4, -0.2) is 45.9 Å². The van der Waals surface area contributed by atoms with Crippen LogP contribution in [0.4, 0.5) is 0 Å². The molecule has 4 bridgehead atoms. The van der Waals surface area contributed by atoms with E-state index in [0.717, 1.165) is 42.6 Å². The predicted octanol–water partition coefficient (Wildman–Crippen LogP) is 3.52. The van der Waals surface area contributed by atoms with Crippen LogP contribution in [0.5, 0.6) is 11.5 Å². The lowest BCUT2D eigenvalue weighted by atomic mass is 9.48. The molecule has 6 heteroatoms. The number of aromatic hydroxyl groups is 2. The van der Waals surface area contributed by atoms with Crippen LogP contribution in [0.1, 0.15) is 64.4 Å². The minimum Gasteiger partial charge on any atom is -0.504 e. The average molecular weight is 432 g/mol. The molecule has 0 amide bonds. The summed E-state index contributed by atoms with van der Waals surface area (Å²) in [7, 11) is 0. The van der Waals surface area contributed by atoms with Gasteiger partial charge in [0.1, 0.15) is 5.78 Å². The summed E-state index contributed by atoms with van der Waals surface area (Å²) >= 11 is 0. The van der Waals surface area contributed by atoms with Gasteiger partial charge >= 0.3 is 0 Å². The van der Waals surface area contributed by atoms with Gasteiger partial charge in [-0.1, -0.05) is 6.07 Å². The summed E-state index contributed by atoms with van der Waals surface area (Å²) in [5.74, 6) is 2.36. The highest BCUT2D eigenvalue weighted by atomic mass is 16.5. The summed E-state index contributed by atoms with van der Waals surface area (Å²) in [5, 5.41) is 32.5. The van der Waals surface area contributed by atoms with E-state index in [4.69, 9.17) is 4.74 Å². The highest BCUT2D eigenvalue weighted by Gasteiger charge is 2.54. The Labute approximate surface area is 185 Å². The Morgan fingerprint density at radius 3 is 2.32 bits per heavy atom. The lowest BCUT2D eigenvalue weighted by molar-refractivity contribution is -0.145. The third-order valence-corrected chi connectivity index (χ3v) is 7.67. The molecule has 0 saturated heterocycles. The first-order chi connectivity index (χ1) is 14.6. The summed E-state index contributed by atoms with van der Waals surface area (Å²) in [6.07, 6.45) is 7.10. The van der Waals surface area contributed by atoms with Crippen LogP contribution in [0.3, 0.4) is 0 Å². The second kappa shape index (κ2) is 8.72. The summed E-state index contributed by atoms with van der Waals surface area (Å²) < 4.78 is 5.54. The Morgan fingerprint density at radius 1 is 1.13 bits per heavy atom. The van der Waals surface area contributed by atoms with Crippen LogP contribution in [0.25, 0.3) is 0 Å². The van der Waals surface area contributed by atoms with Crippen molar-refractivity contribution in [2.45, 2.75) is 77.0 Å². The van der Waals surface area contributed by atoms with Gasteiger partial charge < -0.3 is 25.4 Å². The molecule has 1 aromatic carbocycles. The number of aliphatic hydroxyl groups excluding tert-OH is 1. The minimum absolute atomic E-state index is 0.0783. The van der Waals surface area contributed by atoms with E-state index in [2.05, 4.69) is 5.32 Å². The third kappa shape index (κ3) is 5.24. The first-order valence-electron chi connectivity index (χ1n) is 11.7. The average Bonchev–Trinajstić information content (AvgIpc) is 2.68. The highest BCUT2D eigenvalue weighted by molar-refractivity contribution is 5.86. The second-order valence-corrected chi connectivity index (χ2v) is 11.1. The number of rotatable bonds is 10. The normalized spacial score (nSPS) is 30.5. The van der Waals surface area contributed by atoms with E-state index in [1.54, 1.807) is 6.07 Å². The molecule has 0 aromatic heterocycles. The van der Waals surface area contributed by atoms with Crippen molar-refractivity contribution in [2.75, 3.05) is 13.2 Å². The molecule has 4 N–H and O–H groups in total. The van der Waals surface area contributed by atoms with E-state index < -0.39 is 6.10 Å². The van der Waals surface area contributed by atoms with Crippen LogP contribution in [-0.2, 0) is 16.1 Å². The van der Waals surface area contributed by atoms with E-state index in [1.807, 2.05) is 13.8 Å². The number of benzene rings is 1. The largest absolute Gasteiger partial charge is 0.504 e. The number of ketones is 1. The molecule has 5 rings (SSSR count). The van der Waals surface area contributed by atoms with Gasteiger partial charge in [0.15, 0.2) is 11.5 Å². The van der Waals surface area contributed by atoms with Crippen LogP contribution < -0.4 is 5.32 Å². The van der Waals surface area contributed by atoms with Crippen LogP contribution >= 0.6 is 0 Å². The van der Waals surface area contributed by atoms with Gasteiger partial charge in [-0.3, -0.25) is 4.79 Å². The van der Waals surface area contributed by atoms with Gasteiger partial charge in [-0.25, -0.2) is 0 Å². The molecule has 172 valence electrons. The molecule has 6 nitrogen and oxygen atoms in total. The number of hydrogen-bond donors (Lipinski definition) is 4. The Balaban J connectivity index is 1.21. The molecule has 4 aliphatic rings. The second-order valence-electron chi connectivity index (χ2n) is 11.1. The van der Waals surface area contributed by atoms with Gasteiger partial charge in [0.25, 0.3) is 0 Å². The summed E-state index contributed by atoms with van der Waals surface area (Å²) in [6.45, 7) is 4.81. The van der Waals surface area contributed by atoms with Crippen LogP contribution in [0, 0.1) is 23.2 Å². The monoisotopic (exact) mass is 431 g/mol. The van der Waals surface area contributed by atoms with E-state index in [0.29, 0.717) is 18.7 Å². The van der Waals surface area contributed by atoms with Crippen molar-refractivity contribution in [3.63, 3.8) is 0 Å². The number of carbonyl (C=O) groups excluding carboxylic acids is 1. The molecule has 4 saturated carbocycles. The van der Waals surface area contributed by atoms with E-state index in [-0.39, 0.29) is 35.7 Å². The number of Topliss-reactive ketones (excluding diaryl/α,β-unsaturated/α-hetero) is 1. The maximum Gasteiger partial charge on any atom is 0.157 e. The fraction of sp³-hybridized carbons (Fsp3) is 0.720. The zero-order valence-electron chi connectivity index (χ0n) is 18.8. The molecule has 1 atom stereocenters. The predicted molar refractivity (Wildman–Crippen MR) is 118 cm³/mol. The van der Waals surface area contributed by atoms with Crippen molar-refractivity contribution in [2.24, 2.45) is 23.2 Å². The molecule has 0 heterocycles. The zero-order chi connectivity index (χ0) is 22.2. The van der Waals surface area contributed by atoms with Crippen molar-refractivity contribution >= 4 is 5.78 Å². The molecule has 0 spiro atoms. The van der Waals surface area contributed by atoms with Crippen molar-refractivity contribution in [1.82, 2.24) is 5.32 Å². The molecular weight excluding hydrogens is 394 g/mol. The van der Waals surface area contributed by atoms with Gasteiger partial charge in [0, 0.05) is 23.9 Å². The summed E-state index contributed by atoms with van der Waals surface area (Å²) in [5.41, 5.74) is 0.270. The van der Waals surface area contributed by atoms with Crippen molar-refractivity contribution in [3.8, 4) is 11.5 Å². The fourth-order valence-corrected chi connectivity index (χ4v) is 6.53. The summed E-state index contributed by atoms with van der Waals surface area (Å²) in [6, 6.07) is 4.52. The zero-order valence-corrected chi connectivity index (χ0v) is 18.8. The molecule has 4 fully saturated rings. The topological polar surface area (TPSA) is 99.0 Å². The summed E-state index contributed by atoms with van der Waals surface area (Å²) in [4.78, 5) is 13.4. The van der Waals surface area contributed by atoms with E-state index in [9.17, 15) is 20.1 Å². The highest BCUT2D eigenvalue weighted by Crippen LogP contribution is 2.60. The lowest BCUT2D eigenvalue weighted by Gasteiger charge is -2.56. The van der Waals surface area contributed by atoms with Crippen molar-refractivity contribution in [1.29, 1.82) is 0 Å². The Morgan fingerprint density at radius 2 is 1.74 bits per heavy atom. The van der Waals surface area contributed by atoms with E-state index in [1.165, 1.54) is 31.4 Å². The van der Waals surface area contributed by atoms with Gasteiger partial charge in [0.2, 0.25) is 0 Å². The third-order valence-electron chi connectivity index (χ3n) is 7.67. The number of carbonyl (C=O) groups is 1. The number of hydrogen-bond acceptors (Lipinski definition) is 6.